The van der Waals surface area contributed by atoms with E-state index < -0.39 is 0 Å². The van der Waals surface area contributed by atoms with Gasteiger partial charge in [-0.1, -0.05) is 25.1 Å². The third-order valence-corrected chi connectivity index (χ3v) is 3.51. The average Bonchev–Trinajstić information content (AvgIpc) is 2.81. The third kappa shape index (κ3) is 3.64. The van der Waals surface area contributed by atoms with Crippen molar-refractivity contribution in [2.45, 2.75) is 52.7 Å². The van der Waals surface area contributed by atoms with Crippen LogP contribution in [0.3, 0.4) is 0 Å². The maximum atomic E-state index is 11.9. The Morgan fingerprint density at radius 3 is 2.62 bits per heavy atom. The van der Waals surface area contributed by atoms with Gasteiger partial charge in [0.1, 0.15) is 11.3 Å². The Morgan fingerprint density at radius 1 is 1.24 bits per heavy atom. The second kappa shape index (κ2) is 6.76. The van der Waals surface area contributed by atoms with Crippen LogP contribution >= 0.6 is 0 Å². The molecule has 2 aromatic rings. The number of para-hydroxylation sites is 1. The van der Waals surface area contributed by atoms with Gasteiger partial charge in [0.25, 0.3) is 0 Å². The maximum Gasteiger partial charge on any atom is 0.237 e. The highest BCUT2D eigenvalue weighted by Gasteiger charge is 2.16. The first-order valence-electron chi connectivity index (χ1n) is 7.56. The second-order valence-electron chi connectivity index (χ2n) is 5.62. The standard InChI is InChI=1S/C17H24N2O2/c1-5-15-14(13-8-6-7-9-16(13)21-15)10-18-12(4)17(20)19-11(2)3/h6-9,11-12,18H,5,10H2,1-4H3,(H,19,20). The van der Waals surface area contributed by atoms with Crippen LogP contribution in [0.1, 0.15) is 39.0 Å². The molecule has 21 heavy (non-hydrogen) atoms. The number of nitrogens with one attached hydrogen (secondary N) is 2. The minimum absolute atomic E-state index is 0.0239. The van der Waals surface area contributed by atoms with E-state index in [9.17, 15) is 4.79 Å². The fourth-order valence-corrected chi connectivity index (χ4v) is 2.39. The molecule has 0 spiro atoms. The zero-order valence-corrected chi connectivity index (χ0v) is 13.2. The number of carbonyl (C=O) groups is 1. The zero-order valence-electron chi connectivity index (χ0n) is 13.2. The van der Waals surface area contributed by atoms with Crippen molar-refractivity contribution in [1.82, 2.24) is 10.6 Å². The average molecular weight is 288 g/mol. The van der Waals surface area contributed by atoms with Crippen molar-refractivity contribution in [3.8, 4) is 0 Å². The van der Waals surface area contributed by atoms with Gasteiger partial charge in [-0.25, -0.2) is 0 Å². The summed E-state index contributed by atoms with van der Waals surface area (Å²) in [5.41, 5.74) is 2.06. The fraction of sp³-hybridized carbons (Fsp3) is 0.471. The van der Waals surface area contributed by atoms with Crippen LogP contribution in [0, 0.1) is 0 Å². The maximum absolute atomic E-state index is 11.9. The number of fused-ring (bicyclic) bond motifs is 1. The molecule has 1 aromatic heterocycles. The van der Waals surface area contributed by atoms with Crippen LogP contribution in [0.5, 0.6) is 0 Å². The van der Waals surface area contributed by atoms with Crippen molar-refractivity contribution >= 4 is 16.9 Å². The molecular formula is C17H24N2O2. The van der Waals surface area contributed by atoms with Crippen LogP contribution in [0.2, 0.25) is 0 Å². The van der Waals surface area contributed by atoms with E-state index in [1.165, 1.54) is 0 Å². The summed E-state index contributed by atoms with van der Waals surface area (Å²) in [6, 6.07) is 7.95. The molecule has 0 saturated carbocycles. The summed E-state index contributed by atoms with van der Waals surface area (Å²) in [7, 11) is 0. The summed E-state index contributed by atoms with van der Waals surface area (Å²) in [4.78, 5) is 11.9. The predicted octanol–water partition coefficient (Wildman–Crippen LogP) is 3.00. The molecule has 2 N–H and O–H groups in total. The number of furan rings is 1. The summed E-state index contributed by atoms with van der Waals surface area (Å²) in [6.45, 7) is 8.52. The van der Waals surface area contributed by atoms with Crippen LogP contribution in [0.4, 0.5) is 0 Å². The van der Waals surface area contributed by atoms with Gasteiger partial charge in [0, 0.05) is 30.0 Å². The molecule has 0 aliphatic heterocycles. The molecule has 1 atom stereocenters. The molecule has 0 bridgehead atoms. The molecule has 0 saturated heterocycles. The first kappa shape index (κ1) is 15.6. The molecule has 0 aliphatic carbocycles. The molecule has 1 unspecified atom stereocenters. The Hall–Kier alpha value is -1.81. The highest BCUT2D eigenvalue weighted by atomic mass is 16.3. The van der Waals surface area contributed by atoms with Crippen LogP contribution in [-0.2, 0) is 17.8 Å². The van der Waals surface area contributed by atoms with Crippen molar-refractivity contribution in [2.24, 2.45) is 0 Å². The molecule has 4 nitrogen and oxygen atoms in total. The Kier molecular flexibility index (Phi) is 5.02. The van der Waals surface area contributed by atoms with E-state index in [1.807, 2.05) is 39.0 Å². The number of rotatable bonds is 6. The topological polar surface area (TPSA) is 54.3 Å². The van der Waals surface area contributed by atoms with Gasteiger partial charge in [-0.15, -0.1) is 0 Å². The normalized spacial score (nSPS) is 12.8. The molecule has 1 aromatic carbocycles. The third-order valence-electron chi connectivity index (χ3n) is 3.51. The summed E-state index contributed by atoms with van der Waals surface area (Å²) < 4.78 is 5.87. The SMILES string of the molecule is CCc1oc2ccccc2c1CNC(C)C(=O)NC(C)C. The fourth-order valence-electron chi connectivity index (χ4n) is 2.39. The lowest BCUT2D eigenvalue weighted by molar-refractivity contribution is -0.123. The minimum Gasteiger partial charge on any atom is -0.461 e. The van der Waals surface area contributed by atoms with Gasteiger partial charge >= 0.3 is 0 Å². The quantitative estimate of drug-likeness (QED) is 0.859. The van der Waals surface area contributed by atoms with Crippen molar-refractivity contribution in [3.05, 3.63) is 35.6 Å². The first-order chi connectivity index (χ1) is 10.0. The Labute approximate surface area is 125 Å². The van der Waals surface area contributed by atoms with E-state index in [0.29, 0.717) is 6.54 Å². The van der Waals surface area contributed by atoms with Gasteiger partial charge in [-0.05, 0) is 26.8 Å². The highest BCUT2D eigenvalue weighted by molar-refractivity contribution is 5.83. The Bertz CT molecular complexity index is 616. The van der Waals surface area contributed by atoms with E-state index in [4.69, 9.17) is 4.42 Å². The summed E-state index contributed by atoms with van der Waals surface area (Å²) in [6.07, 6.45) is 0.846. The van der Waals surface area contributed by atoms with Crippen LogP contribution in [-0.4, -0.2) is 18.0 Å². The summed E-state index contributed by atoms with van der Waals surface area (Å²) >= 11 is 0. The number of benzene rings is 1. The molecule has 2 rings (SSSR count). The largest absolute Gasteiger partial charge is 0.461 e. The lowest BCUT2D eigenvalue weighted by Crippen LogP contribution is -2.44. The number of aryl methyl sites for hydroxylation is 1. The number of hydrogen-bond donors (Lipinski definition) is 2. The lowest BCUT2D eigenvalue weighted by atomic mass is 10.1. The van der Waals surface area contributed by atoms with E-state index >= 15 is 0 Å². The Morgan fingerprint density at radius 2 is 1.95 bits per heavy atom. The van der Waals surface area contributed by atoms with E-state index in [2.05, 4.69) is 23.6 Å². The van der Waals surface area contributed by atoms with E-state index in [-0.39, 0.29) is 18.0 Å². The number of carbonyl (C=O) groups excluding carboxylic acids is 1. The summed E-state index contributed by atoms with van der Waals surface area (Å²) in [5, 5.41) is 7.32. The van der Waals surface area contributed by atoms with Crippen molar-refractivity contribution in [3.63, 3.8) is 0 Å². The molecule has 0 radical (unpaired) electrons. The number of hydrogen-bond acceptors (Lipinski definition) is 3. The van der Waals surface area contributed by atoms with Gasteiger partial charge in [-0.2, -0.15) is 0 Å². The van der Waals surface area contributed by atoms with Crippen molar-refractivity contribution < 1.29 is 9.21 Å². The molecule has 0 aliphatic rings. The first-order valence-corrected chi connectivity index (χ1v) is 7.56. The second-order valence-corrected chi connectivity index (χ2v) is 5.62. The highest BCUT2D eigenvalue weighted by Crippen LogP contribution is 2.26. The van der Waals surface area contributed by atoms with E-state index in [1.54, 1.807) is 0 Å². The molecular weight excluding hydrogens is 264 g/mol. The molecule has 1 amide bonds. The van der Waals surface area contributed by atoms with E-state index in [0.717, 1.165) is 28.7 Å². The summed E-state index contributed by atoms with van der Waals surface area (Å²) in [5.74, 6) is 1.01. The van der Waals surface area contributed by atoms with Crippen LogP contribution in [0.15, 0.2) is 28.7 Å². The van der Waals surface area contributed by atoms with Crippen LogP contribution < -0.4 is 10.6 Å². The molecule has 114 valence electrons. The predicted molar refractivity (Wildman–Crippen MR) is 85.2 cm³/mol. The van der Waals surface area contributed by atoms with Gasteiger partial charge in [0.05, 0.1) is 6.04 Å². The van der Waals surface area contributed by atoms with Gasteiger partial charge in [-0.3, -0.25) is 4.79 Å². The molecule has 0 fully saturated rings. The smallest absolute Gasteiger partial charge is 0.237 e. The molecule has 1 heterocycles. The van der Waals surface area contributed by atoms with Gasteiger partial charge in [0.15, 0.2) is 0 Å². The Balaban J connectivity index is 2.11. The van der Waals surface area contributed by atoms with Gasteiger partial charge < -0.3 is 15.1 Å². The lowest BCUT2D eigenvalue weighted by Gasteiger charge is -2.16. The monoisotopic (exact) mass is 288 g/mol. The van der Waals surface area contributed by atoms with Crippen molar-refractivity contribution in [1.29, 1.82) is 0 Å². The van der Waals surface area contributed by atoms with Crippen molar-refractivity contribution in [2.75, 3.05) is 0 Å². The van der Waals surface area contributed by atoms with Gasteiger partial charge in [0.2, 0.25) is 5.91 Å². The molecule has 4 heteroatoms. The number of amides is 1. The van der Waals surface area contributed by atoms with Crippen LogP contribution in [0.25, 0.3) is 11.0 Å². The minimum atomic E-state index is -0.231. The zero-order chi connectivity index (χ0) is 15.4.